The van der Waals surface area contributed by atoms with Gasteiger partial charge in [-0.05, 0) is 37.1 Å². The van der Waals surface area contributed by atoms with Gasteiger partial charge >= 0.3 is 5.63 Å². The molecule has 27 heavy (non-hydrogen) atoms. The third kappa shape index (κ3) is 6.12. The monoisotopic (exact) mass is 376 g/mol. The molecule has 0 spiro atoms. The van der Waals surface area contributed by atoms with E-state index in [2.05, 4.69) is 6.92 Å². The van der Waals surface area contributed by atoms with Crippen molar-refractivity contribution in [2.45, 2.75) is 51.6 Å². The molecule has 0 amide bonds. The number of hydrogen-bond donors (Lipinski definition) is 3. The molecule has 2 rings (SSSR count). The van der Waals surface area contributed by atoms with E-state index in [9.17, 15) is 15.0 Å². The van der Waals surface area contributed by atoms with Gasteiger partial charge in [0.1, 0.15) is 22.6 Å². The van der Waals surface area contributed by atoms with Gasteiger partial charge < -0.3 is 24.5 Å². The van der Waals surface area contributed by atoms with Crippen LogP contribution >= 0.6 is 0 Å². The molecule has 0 aliphatic heterocycles. The molecule has 3 N–H and O–H groups in total. The molecule has 1 aromatic heterocycles. The number of aromatic hydroxyl groups is 1. The summed E-state index contributed by atoms with van der Waals surface area (Å²) in [6.07, 6.45) is 8.33. The Balaban J connectivity index is 2.14. The maximum Gasteiger partial charge on any atom is 0.347 e. The number of aliphatic hydroxyl groups is 2. The quantitative estimate of drug-likeness (QED) is 0.409. The van der Waals surface area contributed by atoms with E-state index >= 15 is 0 Å². The van der Waals surface area contributed by atoms with Gasteiger partial charge in [0.25, 0.3) is 0 Å². The molecule has 0 aliphatic rings. The minimum atomic E-state index is -0.828. The average Bonchev–Trinajstić information content (AvgIpc) is 2.67. The van der Waals surface area contributed by atoms with Crippen molar-refractivity contribution in [3.63, 3.8) is 0 Å². The molecule has 0 saturated carbocycles. The summed E-state index contributed by atoms with van der Waals surface area (Å²) in [5.74, 6) is 0.346. The van der Waals surface area contributed by atoms with Crippen molar-refractivity contribution >= 4 is 17.0 Å². The molecular weight excluding hydrogens is 348 g/mol. The van der Waals surface area contributed by atoms with E-state index in [1.54, 1.807) is 24.3 Å². The summed E-state index contributed by atoms with van der Waals surface area (Å²) in [4.78, 5) is 12.1. The zero-order chi connectivity index (χ0) is 19.6. The fraction of sp³-hybridized carbons (Fsp3) is 0.476. The van der Waals surface area contributed by atoms with Gasteiger partial charge in [0, 0.05) is 6.42 Å². The van der Waals surface area contributed by atoms with Gasteiger partial charge in [-0.1, -0.05) is 32.3 Å². The van der Waals surface area contributed by atoms with Crippen LogP contribution in [0.3, 0.4) is 0 Å². The molecule has 0 aliphatic carbocycles. The normalized spacial score (nSPS) is 12.7. The number of fused-ring (bicyclic) bond motifs is 1. The Bertz CT molecular complexity index is 808. The highest BCUT2D eigenvalue weighted by Gasteiger charge is 2.13. The first kappa shape index (κ1) is 21.0. The van der Waals surface area contributed by atoms with Crippen molar-refractivity contribution in [1.29, 1.82) is 0 Å². The Kier molecular flexibility index (Phi) is 8.36. The van der Waals surface area contributed by atoms with Gasteiger partial charge in [-0.25, -0.2) is 4.79 Å². The lowest BCUT2D eigenvalue weighted by Crippen LogP contribution is -2.15. The van der Waals surface area contributed by atoms with Crippen LogP contribution in [0.1, 0.15) is 51.0 Å². The average molecular weight is 376 g/mol. The Morgan fingerprint density at radius 2 is 2.07 bits per heavy atom. The maximum absolute atomic E-state index is 12.1. The highest BCUT2D eigenvalue weighted by atomic mass is 16.5. The summed E-state index contributed by atoms with van der Waals surface area (Å²) in [7, 11) is 0. The van der Waals surface area contributed by atoms with Crippen molar-refractivity contribution in [3.05, 3.63) is 40.3 Å². The van der Waals surface area contributed by atoms with Crippen molar-refractivity contribution < 1.29 is 24.5 Å². The number of ether oxygens (including phenoxy) is 1. The molecule has 1 unspecified atom stereocenters. The first-order valence-corrected chi connectivity index (χ1v) is 9.45. The number of unbranched alkanes of at least 4 members (excludes halogenated alkanes) is 4. The minimum absolute atomic E-state index is 0.130. The summed E-state index contributed by atoms with van der Waals surface area (Å²) >= 11 is 0. The zero-order valence-corrected chi connectivity index (χ0v) is 15.7. The molecule has 6 nitrogen and oxygen atoms in total. The van der Waals surface area contributed by atoms with Crippen molar-refractivity contribution in [1.82, 2.24) is 0 Å². The number of benzene rings is 1. The maximum atomic E-state index is 12.1. The fourth-order valence-corrected chi connectivity index (χ4v) is 2.71. The SMILES string of the molecule is CCCCCCC=Cc1c(O)c2cc(OCCC(O)CO)ccc2oc1=O. The lowest BCUT2D eigenvalue weighted by Gasteiger charge is -2.10. The second-order valence-electron chi connectivity index (χ2n) is 6.54. The van der Waals surface area contributed by atoms with E-state index in [1.807, 2.05) is 6.08 Å². The van der Waals surface area contributed by atoms with Crippen LogP contribution in [0.15, 0.2) is 33.5 Å². The molecule has 0 fully saturated rings. The summed E-state index contributed by atoms with van der Waals surface area (Å²) in [6.45, 7) is 2.05. The second-order valence-corrected chi connectivity index (χ2v) is 6.54. The molecule has 148 valence electrons. The largest absolute Gasteiger partial charge is 0.506 e. The van der Waals surface area contributed by atoms with Crippen LogP contribution in [-0.2, 0) is 0 Å². The standard InChI is InChI=1S/C21H28O6/c1-2-3-4-5-6-7-8-17-20(24)18-13-16(26-12-11-15(23)14-22)9-10-19(18)27-21(17)25/h7-10,13,15,22-24H,2-6,11-12,14H2,1H3. The third-order valence-corrected chi connectivity index (χ3v) is 4.32. The van der Waals surface area contributed by atoms with E-state index in [0.717, 1.165) is 19.3 Å². The molecule has 2 aromatic rings. The molecule has 0 saturated heterocycles. The Morgan fingerprint density at radius 1 is 1.26 bits per heavy atom. The van der Waals surface area contributed by atoms with Crippen LogP contribution in [0.5, 0.6) is 11.5 Å². The molecule has 1 atom stereocenters. The van der Waals surface area contributed by atoms with Gasteiger partial charge in [0.05, 0.1) is 24.7 Å². The second kappa shape index (κ2) is 10.7. The van der Waals surface area contributed by atoms with Crippen LogP contribution < -0.4 is 10.4 Å². The first-order valence-electron chi connectivity index (χ1n) is 9.45. The van der Waals surface area contributed by atoms with E-state index in [4.69, 9.17) is 14.3 Å². The molecule has 0 bridgehead atoms. The summed E-state index contributed by atoms with van der Waals surface area (Å²) in [5.41, 5.74) is -0.171. The van der Waals surface area contributed by atoms with Gasteiger partial charge in [-0.3, -0.25) is 0 Å². The Hall–Kier alpha value is -2.31. The predicted octanol–water partition coefficient (Wildman–Crippen LogP) is 3.60. The summed E-state index contributed by atoms with van der Waals surface area (Å²) < 4.78 is 10.8. The van der Waals surface area contributed by atoms with Crippen molar-refractivity contribution in [2.24, 2.45) is 0 Å². The van der Waals surface area contributed by atoms with E-state index in [1.165, 1.54) is 12.8 Å². The highest BCUT2D eigenvalue weighted by Crippen LogP contribution is 2.30. The van der Waals surface area contributed by atoms with Crippen LogP contribution in [0.4, 0.5) is 0 Å². The number of aliphatic hydroxyl groups excluding tert-OH is 2. The van der Waals surface area contributed by atoms with Gasteiger partial charge in [0.2, 0.25) is 0 Å². The van der Waals surface area contributed by atoms with Crippen LogP contribution in [-0.4, -0.2) is 34.6 Å². The Labute approximate surface area is 158 Å². The summed E-state index contributed by atoms with van der Waals surface area (Å²) in [6, 6.07) is 4.78. The fourth-order valence-electron chi connectivity index (χ4n) is 2.71. The van der Waals surface area contributed by atoms with Crippen LogP contribution in [0, 0.1) is 0 Å². The summed E-state index contributed by atoms with van der Waals surface area (Å²) in [5, 5.41) is 29.0. The topological polar surface area (TPSA) is 100 Å². The van der Waals surface area contributed by atoms with Crippen molar-refractivity contribution in [2.75, 3.05) is 13.2 Å². The lowest BCUT2D eigenvalue weighted by atomic mass is 10.1. The van der Waals surface area contributed by atoms with E-state index < -0.39 is 11.7 Å². The molecule has 1 aromatic carbocycles. The smallest absolute Gasteiger partial charge is 0.347 e. The van der Waals surface area contributed by atoms with Crippen LogP contribution in [0.25, 0.3) is 17.0 Å². The van der Waals surface area contributed by atoms with Crippen LogP contribution in [0.2, 0.25) is 0 Å². The highest BCUT2D eigenvalue weighted by molar-refractivity contribution is 5.87. The minimum Gasteiger partial charge on any atom is -0.506 e. The van der Waals surface area contributed by atoms with Gasteiger partial charge in [-0.15, -0.1) is 0 Å². The Morgan fingerprint density at radius 3 is 2.81 bits per heavy atom. The number of rotatable bonds is 11. The van der Waals surface area contributed by atoms with Crippen molar-refractivity contribution in [3.8, 4) is 11.5 Å². The molecule has 6 heteroatoms. The number of hydrogen-bond acceptors (Lipinski definition) is 6. The van der Waals surface area contributed by atoms with Gasteiger partial charge in [-0.2, -0.15) is 0 Å². The first-order chi connectivity index (χ1) is 13.1. The third-order valence-electron chi connectivity index (χ3n) is 4.32. The predicted molar refractivity (Wildman–Crippen MR) is 105 cm³/mol. The van der Waals surface area contributed by atoms with Gasteiger partial charge in [0.15, 0.2) is 0 Å². The molecule has 0 radical (unpaired) electrons. The zero-order valence-electron chi connectivity index (χ0n) is 15.7. The molecule has 1 heterocycles. The van der Waals surface area contributed by atoms with E-state index in [0.29, 0.717) is 11.1 Å². The number of allylic oxidation sites excluding steroid dienone is 1. The molecular formula is C21H28O6. The lowest BCUT2D eigenvalue weighted by molar-refractivity contribution is 0.0754. The van der Waals surface area contributed by atoms with E-state index in [-0.39, 0.29) is 36.5 Å².